The van der Waals surface area contributed by atoms with Crippen molar-refractivity contribution in [1.29, 1.82) is 0 Å². The molecule has 0 radical (unpaired) electrons. The molecule has 1 heterocycles. The summed E-state index contributed by atoms with van der Waals surface area (Å²) in [7, 11) is -3.68. The van der Waals surface area contributed by atoms with E-state index in [-0.39, 0.29) is 23.8 Å². The summed E-state index contributed by atoms with van der Waals surface area (Å²) in [6, 6.07) is 11.8. The van der Waals surface area contributed by atoms with E-state index >= 15 is 0 Å². The maximum Gasteiger partial charge on any atom is 0.240 e. The topological polar surface area (TPSA) is 93.7 Å². The molecule has 0 saturated heterocycles. The summed E-state index contributed by atoms with van der Waals surface area (Å²) in [4.78, 5) is 12.0. The Balaban J connectivity index is 1.48. The maximum atomic E-state index is 12.4. The lowest BCUT2D eigenvalue weighted by Gasteiger charge is -2.18. The predicted octanol–water partition coefficient (Wildman–Crippen LogP) is 2.92. The van der Waals surface area contributed by atoms with Crippen molar-refractivity contribution in [3.63, 3.8) is 0 Å². The highest BCUT2D eigenvalue weighted by atomic mass is 79.9. The summed E-state index contributed by atoms with van der Waals surface area (Å²) in [5.74, 6) is 0.772. The second-order valence-corrected chi connectivity index (χ2v) is 8.55. The Kier molecular flexibility index (Phi) is 6.35. The van der Waals surface area contributed by atoms with Crippen LogP contribution in [0.25, 0.3) is 0 Å². The van der Waals surface area contributed by atoms with Crippen molar-refractivity contribution in [2.24, 2.45) is 0 Å². The number of carbonyl (C=O) groups excluding carboxylic acids is 1. The van der Waals surface area contributed by atoms with E-state index < -0.39 is 10.0 Å². The number of carbonyl (C=O) groups is 1. The van der Waals surface area contributed by atoms with Crippen molar-refractivity contribution in [2.45, 2.75) is 17.7 Å². The third-order valence-electron chi connectivity index (χ3n) is 3.81. The molecule has 1 amide bonds. The fraction of sp³-hybridized carbons (Fsp3) is 0.278. The average molecular weight is 455 g/mol. The minimum absolute atomic E-state index is 0.102. The Hall–Kier alpha value is -2.10. The summed E-state index contributed by atoms with van der Waals surface area (Å²) >= 11 is 3.34. The van der Waals surface area contributed by atoms with E-state index in [0.717, 1.165) is 4.47 Å². The van der Waals surface area contributed by atoms with Gasteiger partial charge in [0.15, 0.2) is 11.5 Å². The Morgan fingerprint density at radius 2 is 1.85 bits per heavy atom. The maximum absolute atomic E-state index is 12.4. The van der Waals surface area contributed by atoms with Crippen LogP contribution in [0.3, 0.4) is 0 Å². The van der Waals surface area contributed by atoms with E-state index in [1.807, 2.05) is 12.1 Å². The summed E-state index contributed by atoms with van der Waals surface area (Å²) in [5, 5.41) is 2.77. The molecule has 1 aliphatic heterocycles. The van der Waals surface area contributed by atoms with Crippen molar-refractivity contribution in [3.05, 3.63) is 46.9 Å². The number of anilines is 1. The van der Waals surface area contributed by atoms with E-state index in [1.54, 1.807) is 18.2 Å². The van der Waals surface area contributed by atoms with E-state index in [4.69, 9.17) is 9.47 Å². The number of sulfonamides is 1. The number of ether oxygens (including phenoxy) is 2. The molecular weight excluding hydrogens is 436 g/mol. The molecule has 7 nitrogen and oxygen atoms in total. The predicted molar refractivity (Wildman–Crippen MR) is 105 cm³/mol. The molecule has 0 aromatic heterocycles. The van der Waals surface area contributed by atoms with Crippen LogP contribution < -0.4 is 19.5 Å². The van der Waals surface area contributed by atoms with Gasteiger partial charge in [-0.15, -0.1) is 0 Å². The number of benzene rings is 2. The van der Waals surface area contributed by atoms with Crippen LogP contribution in [0, 0.1) is 0 Å². The Morgan fingerprint density at radius 1 is 1.07 bits per heavy atom. The molecule has 1 aliphatic rings. The largest absolute Gasteiger partial charge is 0.486 e. The average Bonchev–Trinajstić information content (AvgIpc) is 2.65. The van der Waals surface area contributed by atoms with Crippen molar-refractivity contribution >= 4 is 37.5 Å². The van der Waals surface area contributed by atoms with Crippen molar-refractivity contribution in [3.8, 4) is 11.5 Å². The van der Waals surface area contributed by atoms with E-state index in [0.29, 0.717) is 36.8 Å². The van der Waals surface area contributed by atoms with E-state index in [1.165, 1.54) is 12.1 Å². The Bertz CT molecular complexity index is 933. The van der Waals surface area contributed by atoms with Crippen LogP contribution in [0.5, 0.6) is 11.5 Å². The first-order valence-electron chi connectivity index (χ1n) is 8.39. The van der Waals surface area contributed by atoms with E-state index in [2.05, 4.69) is 26.0 Å². The van der Waals surface area contributed by atoms with Crippen LogP contribution in [0.4, 0.5) is 5.69 Å². The smallest absolute Gasteiger partial charge is 0.240 e. The molecule has 0 fully saturated rings. The summed E-state index contributed by atoms with van der Waals surface area (Å²) < 4.78 is 38.9. The van der Waals surface area contributed by atoms with Gasteiger partial charge in [-0.2, -0.15) is 0 Å². The normalized spacial score (nSPS) is 13.2. The number of fused-ring (bicyclic) bond motifs is 1. The van der Waals surface area contributed by atoms with Crippen LogP contribution in [0.15, 0.2) is 51.8 Å². The molecule has 2 aromatic rings. The number of amides is 1. The fourth-order valence-electron chi connectivity index (χ4n) is 2.52. The van der Waals surface area contributed by atoms with Gasteiger partial charge in [0.2, 0.25) is 15.9 Å². The fourth-order valence-corrected chi connectivity index (χ4v) is 4.01. The van der Waals surface area contributed by atoms with Gasteiger partial charge in [0.05, 0.1) is 4.90 Å². The Morgan fingerprint density at radius 3 is 2.63 bits per heavy atom. The molecule has 144 valence electrons. The van der Waals surface area contributed by atoms with Gasteiger partial charge in [-0.25, -0.2) is 13.1 Å². The minimum atomic E-state index is -3.68. The number of rotatable bonds is 7. The molecule has 0 unspecified atom stereocenters. The van der Waals surface area contributed by atoms with Gasteiger partial charge in [-0.05, 0) is 36.8 Å². The molecule has 9 heteroatoms. The van der Waals surface area contributed by atoms with Crippen molar-refractivity contribution in [2.75, 3.05) is 25.1 Å². The van der Waals surface area contributed by atoms with Crippen LogP contribution in [0.1, 0.15) is 12.8 Å². The van der Waals surface area contributed by atoms with Gasteiger partial charge in [0, 0.05) is 29.2 Å². The minimum Gasteiger partial charge on any atom is -0.486 e. The molecule has 0 saturated carbocycles. The lowest BCUT2D eigenvalue weighted by molar-refractivity contribution is -0.116. The summed E-state index contributed by atoms with van der Waals surface area (Å²) in [6.45, 7) is 0.985. The zero-order valence-electron chi connectivity index (χ0n) is 14.4. The van der Waals surface area contributed by atoms with Gasteiger partial charge in [0.1, 0.15) is 13.2 Å². The number of nitrogens with one attached hydrogen (secondary N) is 2. The van der Waals surface area contributed by atoms with E-state index in [9.17, 15) is 13.2 Å². The number of hydrogen-bond acceptors (Lipinski definition) is 5. The summed E-state index contributed by atoms with van der Waals surface area (Å²) in [5.41, 5.74) is 0.686. The lowest BCUT2D eigenvalue weighted by Crippen LogP contribution is -2.26. The molecule has 2 aromatic carbocycles. The zero-order valence-corrected chi connectivity index (χ0v) is 16.8. The zero-order chi connectivity index (χ0) is 19.3. The lowest BCUT2D eigenvalue weighted by atomic mass is 10.2. The molecule has 3 rings (SSSR count). The quantitative estimate of drug-likeness (QED) is 0.627. The van der Waals surface area contributed by atoms with Crippen LogP contribution in [-0.2, 0) is 14.8 Å². The molecule has 0 spiro atoms. The highest BCUT2D eigenvalue weighted by Gasteiger charge is 2.19. The molecule has 0 aliphatic carbocycles. The SMILES string of the molecule is O=C(CCCNS(=O)(=O)c1ccc2c(c1)OCCO2)Nc1cccc(Br)c1. The van der Waals surface area contributed by atoms with Gasteiger partial charge < -0.3 is 14.8 Å². The highest BCUT2D eigenvalue weighted by Crippen LogP contribution is 2.32. The second kappa shape index (κ2) is 8.73. The molecule has 2 N–H and O–H groups in total. The monoisotopic (exact) mass is 454 g/mol. The number of hydrogen-bond donors (Lipinski definition) is 2. The van der Waals surface area contributed by atoms with Crippen LogP contribution in [0.2, 0.25) is 0 Å². The van der Waals surface area contributed by atoms with Crippen molar-refractivity contribution < 1.29 is 22.7 Å². The Labute approximate surface area is 166 Å². The third-order valence-corrected chi connectivity index (χ3v) is 5.76. The molecule has 27 heavy (non-hydrogen) atoms. The highest BCUT2D eigenvalue weighted by molar-refractivity contribution is 9.10. The van der Waals surface area contributed by atoms with Crippen LogP contribution in [-0.4, -0.2) is 34.1 Å². The first-order valence-corrected chi connectivity index (χ1v) is 10.7. The summed E-state index contributed by atoms with van der Waals surface area (Å²) in [6.07, 6.45) is 0.583. The molecular formula is C18H19BrN2O5S. The third kappa shape index (κ3) is 5.44. The van der Waals surface area contributed by atoms with Gasteiger partial charge in [-0.3, -0.25) is 4.79 Å². The number of halogens is 1. The van der Waals surface area contributed by atoms with Gasteiger partial charge in [0.25, 0.3) is 0 Å². The van der Waals surface area contributed by atoms with Crippen LogP contribution >= 0.6 is 15.9 Å². The van der Waals surface area contributed by atoms with Crippen molar-refractivity contribution in [1.82, 2.24) is 4.72 Å². The standard InChI is InChI=1S/C18H19BrN2O5S/c19-13-3-1-4-14(11-13)21-18(22)5-2-8-20-27(23,24)15-6-7-16-17(12-15)26-10-9-25-16/h1,3-4,6-7,11-12,20H,2,5,8-10H2,(H,21,22). The first-order chi connectivity index (χ1) is 12.9. The first kappa shape index (κ1) is 19.7. The van der Waals surface area contributed by atoms with Gasteiger partial charge >= 0.3 is 0 Å². The van der Waals surface area contributed by atoms with Gasteiger partial charge in [-0.1, -0.05) is 22.0 Å². The molecule has 0 atom stereocenters. The second-order valence-electron chi connectivity index (χ2n) is 5.87. The molecule has 0 bridgehead atoms.